The van der Waals surface area contributed by atoms with Crippen molar-refractivity contribution in [1.82, 2.24) is 25.9 Å². The van der Waals surface area contributed by atoms with Gasteiger partial charge in [-0.3, -0.25) is 10.1 Å². The first-order valence-electron chi connectivity index (χ1n) is 9.88. The Bertz CT molecular complexity index is 1140. The third-order valence-electron chi connectivity index (χ3n) is 4.86. The number of anilines is 1. The number of tetrazole rings is 1. The minimum atomic E-state index is -1.55. The van der Waals surface area contributed by atoms with Gasteiger partial charge in [0, 0.05) is 10.7 Å². The number of alkyl halides is 1. The maximum atomic E-state index is 13.0. The van der Waals surface area contributed by atoms with E-state index < -0.39 is 11.1 Å². The third-order valence-corrected chi connectivity index (χ3v) is 6.06. The molecule has 0 bridgehead atoms. The fraction of sp³-hybridized carbons (Fsp3) is 0.182. The Balaban J connectivity index is 1.53. The molecule has 1 unspecified atom stereocenters. The molecule has 0 saturated heterocycles. The number of nitrogens with zero attached hydrogens (tertiary/aromatic N) is 3. The molecule has 3 N–H and O–H groups in total. The van der Waals surface area contributed by atoms with Gasteiger partial charge in [0.2, 0.25) is 11.1 Å². The van der Waals surface area contributed by atoms with Gasteiger partial charge in [0.1, 0.15) is 0 Å². The number of carbonyl (C=O) groups excluding carboxylic acids is 1. The Kier molecular flexibility index (Phi) is 6.99. The largest absolute Gasteiger partial charge is 0.347 e. The van der Waals surface area contributed by atoms with Crippen molar-refractivity contribution >= 4 is 39.4 Å². The molecule has 8 nitrogen and oxygen atoms in total. The Morgan fingerprint density at radius 2 is 1.91 bits per heavy atom. The first kappa shape index (κ1) is 22.2. The van der Waals surface area contributed by atoms with Gasteiger partial charge in [-0.05, 0) is 52.1 Å². The molecule has 2 aromatic carbocycles. The van der Waals surface area contributed by atoms with Crippen molar-refractivity contribution in [1.29, 1.82) is 0 Å². The minimum absolute atomic E-state index is 0.113. The van der Waals surface area contributed by atoms with Crippen molar-refractivity contribution in [3.8, 4) is 0 Å². The van der Waals surface area contributed by atoms with Gasteiger partial charge in [-0.15, -0.1) is 0 Å². The first-order chi connectivity index (χ1) is 15.5. The van der Waals surface area contributed by atoms with E-state index in [-0.39, 0.29) is 18.1 Å². The van der Waals surface area contributed by atoms with Crippen LogP contribution in [0.5, 0.6) is 0 Å². The normalized spacial score (nSPS) is 17.8. The molecule has 0 radical (unpaired) electrons. The molecule has 1 amide bonds. The number of halogens is 2. The van der Waals surface area contributed by atoms with Crippen molar-refractivity contribution in [3.63, 3.8) is 0 Å². The fourth-order valence-electron chi connectivity index (χ4n) is 3.18. The Hall–Kier alpha value is -3.01. The fourth-order valence-corrected chi connectivity index (χ4v) is 3.92. The van der Waals surface area contributed by atoms with Crippen LogP contribution in [0.15, 0.2) is 82.5 Å². The summed E-state index contributed by atoms with van der Waals surface area (Å²) in [6, 6.07) is 17.6. The van der Waals surface area contributed by atoms with Crippen molar-refractivity contribution in [2.24, 2.45) is 0 Å². The molecule has 0 fully saturated rings. The lowest BCUT2D eigenvalue weighted by molar-refractivity contribution is -0.115. The van der Waals surface area contributed by atoms with Crippen molar-refractivity contribution in [3.05, 3.63) is 93.6 Å². The highest BCUT2D eigenvalue weighted by molar-refractivity contribution is 9.10. The predicted molar refractivity (Wildman–Crippen MR) is 124 cm³/mol. The summed E-state index contributed by atoms with van der Waals surface area (Å²) < 4.78 is 6.99. The highest BCUT2D eigenvalue weighted by Gasteiger charge is 2.39. The van der Waals surface area contributed by atoms with Crippen LogP contribution in [0.25, 0.3) is 0 Å². The lowest BCUT2D eigenvalue weighted by Gasteiger charge is -2.32. The number of H-pyrrole nitrogens is 1. The van der Waals surface area contributed by atoms with E-state index in [2.05, 4.69) is 53.3 Å². The molecule has 3 aromatic rings. The van der Waals surface area contributed by atoms with E-state index in [1.165, 1.54) is 5.56 Å². The molecule has 0 aliphatic carbocycles. The summed E-state index contributed by atoms with van der Waals surface area (Å²) in [7, 11) is 0. The van der Waals surface area contributed by atoms with Crippen molar-refractivity contribution in [2.45, 2.75) is 24.6 Å². The molecule has 1 atom stereocenters. The molecule has 0 saturated carbocycles. The average Bonchev–Trinajstić information content (AvgIpc) is 3.32. The number of hydrogen-bond acceptors (Lipinski definition) is 6. The van der Waals surface area contributed by atoms with Gasteiger partial charge in [0.25, 0.3) is 5.91 Å². The first-order valence-corrected chi connectivity index (χ1v) is 11.0. The number of aromatic nitrogens is 4. The van der Waals surface area contributed by atoms with Crippen LogP contribution in [0.1, 0.15) is 17.5 Å². The van der Waals surface area contributed by atoms with Crippen LogP contribution in [0.2, 0.25) is 0 Å². The molecule has 1 aliphatic heterocycles. The molecule has 1 aromatic heterocycles. The van der Waals surface area contributed by atoms with E-state index in [1.807, 2.05) is 48.5 Å². The monoisotopic (exact) mass is 514 g/mol. The van der Waals surface area contributed by atoms with Crippen LogP contribution in [0.4, 0.5) is 5.95 Å². The molecular weight excluding hydrogens is 496 g/mol. The summed E-state index contributed by atoms with van der Waals surface area (Å²) in [6.07, 6.45) is 5.00. The van der Waals surface area contributed by atoms with Crippen LogP contribution >= 0.6 is 27.5 Å². The predicted octanol–water partition coefficient (Wildman–Crippen LogP) is 4.06. The number of nitrogens with one attached hydrogen (secondary N) is 3. The zero-order chi connectivity index (χ0) is 22.4. The van der Waals surface area contributed by atoms with E-state index in [4.69, 9.17) is 16.3 Å². The van der Waals surface area contributed by atoms with Crippen LogP contribution < -0.4 is 10.6 Å². The topological polar surface area (TPSA) is 105 Å². The molecule has 1 aliphatic rings. The lowest BCUT2D eigenvalue weighted by atomic mass is 10.00. The number of rotatable bonds is 8. The number of allylic oxidation sites excluding steroid dienone is 2. The number of amides is 1. The summed E-state index contributed by atoms with van der Waals surface area (Å²) in [5, 5.41) is 17.2. The third kappa shape index (κ3) is 5.42. The second-order valence-corrected chi connectivity index (χ2v) is 8.47. The van der Waals surface area contributed by atoms with Crippen molar-refractivity contribution in [2.75, 3.05) is 5.32 Å². The summed E-state index contributed by atoms with van der Waals surface area (Å²) in [4.78, 5) is 13.0. The van der Waals surface area contributed by atoms with Crippen LogP contribution in [-0.2, 0) is 22.6 Å². The number of benzene rings is 2. The van der Waals surface area contributed by atoms with Gasteiger partial charge in [0.05, 0.1) is 12.2 Å². The molecule has 164 valence electrons. The molecule has 0 spiro atoms. The van der Waals surface area contributed by atoms with Crippen molar-refractivity contribution < 1.29 is 9.53 Å². The SMILES string of the molecule is O=C(Nc1nnn[nH]1)C1=CC(CCc2ccccc2Br)=CNC1(Cl)OCc1ccccc1. The van der Waals surface area contributed by atoms with E-state index >= 15 is 0 Å². The van der Waals surface area contributed by atoms with E-state index in [0.29, 0.717) is 6.42 Å². The number of dihydropyridines is 1. The van der Waals surface area contributed by atoms with Gasteiger partial charge in [-0.25, -0.2) is 5.10 Å². The van der Waals surface area contributed by atoms with Gasteiger partial charge >= 0.3 is 0 Å². The number of ether oxygens (including phenoxy) is 1. The lowest BCUT2D eigenvalue weighted by Crippen LogP contribution is -2.47. The van der Waals surface area contributed by atoms with Crippen LogP contribution in [0.3, 0.4) is 0 Å². The second kappa shape index (κ2) is 10.1. The zero-order valence-electron chi connectivity index (χ0n) is 16.9. The standard InChI is InChI=1S/C22H20BrClN6O2/c23-19-9-5-4-8-17(19)11-10-16-12-18(20(31)26-21-27-29-30-28-21)22(24,25-13-16)32-14-15-6-2-1-3-7-15/h1-9,12-13,25H,10-11,14H2,(H2,26,27,28,29,30,31). The molecule has 4 rings (SSSR count). The smallest absolute Gasteiger partial charge is 0.260 e. The highest BCUT2D eigenvalue weighted by Crippen LogP contribution is 2.32. The quantitative estimate of drug-likeness (QED) is 0.309. The summed E-state index contributed by atoms with van der Waals surface area (Å²) in [6.45, 7) is 0.214. The molecule has 2 heterocycles. The number of aryl methyl sites for hydroxylation is 1. The summed E-state index contributed by atoms with van der Waals surface area (Å²) in [5.41, 5.74) is 3.21. The highest BCUT2D eigenvalue weighted by atomic mass is 79.9. The number of hydrogen-bond donors (Lipinski definition) is 3. The Labute approximate surface area is 198 Å². The maximum Gasteiger partial charge on any atom is 0.260 e. The molecule has 32 heavy (non-hydrogen) atoms. The number of carbonyl (C=O) groups is 1. The van der Waals surface area contributed by atoms with Gasteiger partial charge in [0.15, 0.2) is 0 Å². The van der Waals surface area contributed by atoms with Crippen LogP contribution in [-0.4, -0.2) is 31.7 Å². The molecule has 10 heteroatoms. The average molecular weight is 516 g/mol. The summed E-state index contributed by atoms with van der Waals surface area (Å²) >= 11 is 10.3. The van der Waals surface area contributed by atoms with Gasteiger partial charge in [-0.1, -0.05) is 81.2 Å². The molecular formula is C22H20BrClN6O2. The maximum absolute atomic E-state index is 13.0. The zero-order valence-corrected chi connectivity index (χ0v) is 19.2. The van der Waals surface area contributed by atoms with Gasteiger partial charge < -0.3 is 10.1 Å². The second-order valence-electron chi connectivity index (χ2n) is 7.09. The van der Waals surface area contributed by atoms with E-state index in [1.54, 1.807) is 12.3 Å². The van der Waals surface area contributed by atoms with Crippen LogP contribution in [0, 0.1) is 0 Å². The van der Waals surface area contributed by atoms with E-state index in [9.17, 15) is 4.79 Å². The van der Waals surface area contributed by atoms with E-state index in [0.717, 1.165) is 22.0 Å². The van der Waals surface area contributed by atoms with Gasteiger partial charge in [-0.2, -0.15) is 0 Å². The number of aromatic amines is 1. The minimum Gasteiger partial charge on any atom is -0.347 e. The Morgan fingerprint density at radius 3 is 2.66 bits per heavy atom. The summed E-state index contributed by atoms with van der Waals surface area (Å²) in [5.74, 6) is -0.368. The Morgan fingerprint density at radius 1 is 1.12 bits per heavy atom.